The van der Waals surface area contributed by atoms with Gasteiger partial charge in [0.25, 0.3) is 0 Å². The van der Waals surface area contributed by atoms with Gasteiger partial charge in [-0.05, 0) is 49.9 Å². The van der Waals surface area contributed by atoms with E-state index in [9.17, 15) is 0 Å². The molecule has 0 aromatic heterocycles. The maximum absolute atomic E-state index is 2.54. The topological polar surface area (TPSA) is 0 Å². The van der Waals surface area contributed by atoms with E-state index in [2.05, 4.69) is 6.08 Å². The fourth-order valence-electron chi connectivity index (χ4n) is 3.54. The summed E-state index contributed by atoms with van der Waals surface area (Å²) >= 11 is 0. The molecule has 0 heteroatoms. The highest BCUT2D eigenvalue weighted by Crippen LogP contribution is 2.60. The second-order valence-corrected chi connectivity index (χ2v) is 4.81. The summed E-state index contributed by atoms with van der Waals surface area (Å²) in [7, 11) is 0. The lowest BCUT2D eigenvalue weighted by molar-refractivity contribution is 0.480. The van der Waals surface area contributed by atoms with Crippen molar-refractivity contribution in [2.75, 3.05) is 0 Å². The molecular formula is C12H18. The summed E-state index contributed by atoms with van der Waals surface area (Å²) in [5.41, 5.74) is 1.85. The highest BCUT2D eigenvalue weighted by molar-refractivity contribution is 5.22. The lowest BCUT2D eigenvalue weighted by Crippen LogP contribution is -1.91. The van der Waals surface area contributed by atoms with Gasteiger partial charge in [0.2, 0.25) is 0 Å². The first-order chi connectivity index (χ1) is 5.97. The molecule has 0 saturated heterocycles. The highest BCUT2D eigenvalue weighted by atomic mass is 14.6. The molecule has 3 rings (SSSR count). The Labute approximate surface area is 75.0 Å². The molecule has 0 spiro atoms. The molecular weight excluding hydrogens is 144 g/mol. The predicted octanol–water partition coefficient (Wildman–Crippen LogP) is 3.53. The van der Waals surface area contributed by atoms with Crippen molar-refractivity contribution in [3.8, 4) is 0 Å². The van der Waals surface area contributed by atoms with Crippen LogP contribution in [-0.4, -0.2) is 0 Å². The zero-order valence-electron chi connectivity index (χ0n) is 7.76. The average molecular weight is 162 g/mol. The molecule has 0 N–H and O–H groups in total. The summed E-state index contributed by atoms with van der Waals surface area (Å²) in [4.78, 5) is 0. The minimum Gasteiger partial charge on any atom is -0.0850 e. The highest BCUT2D eigenvalue weighted by Gasteiger charge is 2.51. The Morgan fingerprint density at radius 2 is 1.75 bits per heavy atom. The van der Waals surface area contributed by atoms with Crippen molar-refractivity contribution in [2.24, 2.45) is 17.8 Å². The first-order valence-corrected chi connectivity index (χ1v) is 5.66. The van der Waals surface area contributed by atoms with Crippen molar-refractivity contribution < 1.29 is 0 Å². The molecule has 0 heterocycles. The van der Waals surface area contributed by atoms with E-state index in [0.717, 1.165) is 17.8 Å². The minimum atomic E-state index is 1.08. The standard InChI is InChI=1S/C12H18/c1-2-6-9(5-1)12-10-7-3-4-8-11(10)12/h5,10-12H,1-4,6-8H2. The number of rotatable bonds is 1. The SMILES string of the molecule is C1=C(C2C3CCCCC32)CCC1. The van der Waals surface area contributed by atoms with E-state index in [1.54, 1.807) is 12.8 Å². The van der Waals surface area contributed by atoms with Gasteiger partial charge >= 0.3 is 0 Å². The molecule has 3 aliphatic carbocycles. The predicted molar refractivity (Wildman–Crippen MR) is 50.9 cm³/mol. The van der Waals surface area contributed by atoms with Gasteiger partial charge in [-0.25, -0.2) is 0 Å². The average Bonchev–Trinajstić information content (AvgIpc) is 2.58. The maximum atomic E-state index is 2.54. The van der Waals surface area contributed by atoms with Crippen molar-refractivity contribution in [2.45, 2.75) is 44.9 Å². The van der Waals surface area contributed by atoms with Crippen LogP contribution in [0.25, 0.3) is 0 Å². The van der Waals surface area contributed by atoms with Gasteiger partial charge in [-0.3, -0.25) is 0 Å². The molecule has 3 aliphatic rings. The van der Waals surface area contributed by atoms with Crippen molar-refractivity contribution in [3.05, 3.63) is 11.6 Å². The molecule has 0 radical (unpaired) electrons. The van der Waals surface area contributed by atoms with Crippen LogP contribution in [0, 0.1) is 17.8 Å². The van der Waals surface area contributed by atoms with Gasteiger partial charge in [0.05, 0.1) is 0 Å². The van der Waals surface area contributed by atoms with Gasteiger partial charge in [0, 0.05) is 0 Å². The lowest BCUT2D eigenvalue weighted by Gasteiger charge is -2.04. The van der Waals surface area contributed by atoms with Crippen LogP contribution < -0.4 is 0 Å². The maximum Gasteiger partial charge on any atom is -0.0141 e. The molecule has 2 unspecified atom stereocenters. The zero-order chi connectivity index (χ0) is 7.97. The van der Waals surface area contributed by atoms with E-state index in [-0.39, 0.29) is 0 Å². The van der Waals surface area contributed by atoms with Crippen LogP contribution in [-0.2, 0) is 0 Å². The van der Waals surface area contributed by atoms with E-state index in [4.69, 9.17) is 0 Å². The van der Waals surface area contributed by atoms with Crippen LogP contribution in [0.1, 0.15) is 44.9 Å². The number of hydrogen-bond acceptors (Lipinski definition) is 0. The quantitative estimate of drug-likeness (QED) is 0.517. The van der Waals surface area contributed by atoms with Gasteiger partial charge in [0.1, 0.15) is 0 Å². The normalized spacial score (nSPS) is 45.3. The van der Waals surface area contributed by atoms with Crippen molar-refractivity contribution in [1.29, 1.82) is 0 Å². The van der Waals surface area contributed by atoms with Crippen LogP contribution in [0.3, 0.4) is 0 Å². The molecule has 0 aromatic carbocycles. The van der Waals surface area contributed by atoms with Gasteiger partial charge in [-0.15, -0.1) is 0 Å². The summed E-state index contributed by atoms with van der Waals surface area (Å²) in [5.74, 6) is 3.36. The zero-order valence-corrected chi connectivity index (χ0v) is 7.76. The van der Waals surface area contributed by atoms with Crippen molar-refractivity contribution in [3.63, 3.8) is 0 Å². The van der Waals surface area contributed by atoms with Crippen LogP contribution in [0.2, 0.25) is 0 Å². The van der Waals surface area contributed by atoms with Crippen LogP contribution >= 0.6 is 0 Å². The fraction of sp³-hybridized carbons (Fsp3) is 0.833. The third-order valence-corrected chi connectivity index (χ3v) is 4.16. The number of fused-ring (bicyclic) bond motifs is 1. The van der Waals surface area contributed by atoms with Gasteiger partial charge in [-0.1, -0.05) is 24.5 Å². The minimum absolute atomic E-state index is 1.08. The Morgan fingerprint density at radius 3 is 2.33 bits per heavy atom. The summed E-state index contributed by atoms with van der Waals surface area (Å²) in [6, 6.07) is 0. The molecule has 0 bridgehead atoms. The third-order valence-electron chi connectivity index (χ3n) is 4.16. The molecule has 0 aromatic rings. The summed E-state index contributed by atoms with van der Waals surface area (Å²) < 4.78 is 0. The van der Waals surface area contributed by atoms with E-state index in [1.807, 2.05) is 5.57 Å². The summed E-state index contributed by atoms with van der Waals surface area (Å²) in [6.07, 6.45) is 13.0. The van der Waals surface area contributed by atoms with Crippen LogP contribution in [0.15, 0.2) is 11.6 Å². The molecule has 0 amide bonds. The van der Waals surface area contributed by atoms with E-state index in [1.165, 1.54) is 32.1 Å². The number of hydrogen-bond donors (Lipinski definition) is 0. The Kier molecular flexibility index (Phi) is 1.56. The molecule has 12 heavy (non-hydrogen) atoms. The molecule has 2 saturated carbocycles. The lowest BCUT2D eigenvalue weighted by atomic mass is 10.0. The summed E-state index contributed by atoms with van der Waals surface area (Å²) in [6.45, 7) is 0. The molecule has 66 valence electrons. The molecule has 0 nitrogen and oxygen atoms in total. The van der Waals surface area contributed by atoms with Crippen molar-refractivity contribution >= 4 is 0 Å². The van der Waals surface area contributed by atoms with Gasteiger partial charge in [0.15, 0.2) is 0 Å². The molecule has 0 aliphatic heterocycles. The Bertz CT molecular complexity index is 202. The Balaban J connectivity index is 1.71. The number of allylic oxidation sites excluding steroid dienone is 2. The summed E-state index contributed by atoms with van der Waals surface area (Å²) in [5, 5.41) is 0. The van der Waals surface area contributed by atoms with E-state index in [0.29, 0.717) is 0 Å². The second-order valence-electron chi connectivity index (χ2n) is 4.81. The first-order valence-electron chi connectivity index (χ1n) is 5.66. The fourth-order valence-corrected chi connectivity index (χ4v) is 3.54. The second kappa shape index (κ2) is 2.61. The van der Waals surface area contributed by atoms with Crippen molar-refractivity contribution in [1.82, 2.24) is 0 Å². The van der Waals surface area contributed by atoms with Gasteiger partial charge < -0.3 is 0 Å². The Morgan fingerprint density at radius 1 is 1.00 bits per heavy atom. The van der Waals surface area contributed by atoms with Gasteiger partial charge in [-0.2, -0.15) is 0 Å². The Hall–Kier alpha value is -0.260. The van der Waals surface area contributed by atoms with Crippen LogP contribution in [0.4, 0.5) is 0 Å². The largest absolute Gasteiger partial charge is 0.0850 e. The van der Waals surface area contributed by atoms with E-state index >= 15 is 0 Å². The molecule has 2 fully saturated rings. The smallest absolute Gasteiger partial charge is 0.0141 e. The van der Waals surface area contributed by atoms with E-state index < -0.39 is 0 Å². The molecule has 2 atom stereocenters. The monoisotopic (exact) mass is 162 g/mol. The first kappa shape index (κ1) is 7.17. The van der Waals surface area contributed by atoms with Crippen LogP contribution in [0.5, 0.6) is 0 Å². The third kappa shape index (κ3) is 0.967.